The molecular weight excluding hydrogens is 270 g/mol. The monoisotopic (exact) mass is 272 g/mol. The molecule has 2 amide bonds. The van der Waals surface area contributed by atoms with Crippen LogP contribution in [-0.4, -0.2) is 6.03 Å². The average Bonchev–Trinajstić information content (AvgIpc) is 2.09. The van der Waals surface area contributed by atoms with Crippen LogP contribution < -0.4 is 11.1 Å². The zero-order valence-corrected chi connectivity index (χ0v) is 9.60. The lowest BCUT2D eigenvalue weighted by Crippen LogP contribution is -2.19. The molecule has 0 heterocycles. The SMILES string of the molecule is NC(=O)Nc1c(Cl)c(Cl)cc(Cl)c1Cl. The van der Waals surface area contributed by atoms with Crippen molar-refractivity contribution in [2.24, 2.45) is 5.73 Å². The van der Waals surface area contributed by atoms with Gasteiger partial charge in [0.2, 0.25) is 0 Å². The molecule has 0 spiro atoms. The highest BCUT2D eigenvalue weighted by atomic mass is 35.5. The van der Waals surface area contributed by atoms with Crippen LogP contribution in [0.25, 0.3) is 0 Å². The van der Waals surface area contributed by atoms with Gasteiger partial charge in [0.15, 0.2) is 0 Å². The summed E-state index contributed by atoms with van der Waals surface area (Å²) >= 11 is 23.0. The zero-order chi connectivity index (χ0) is 10.9. The van der Waals surface area contributed by atoms with E-state index in [4.69, 9.17) is 52.1 Å². The van der Waals surface area contributed by atoms with Gasteiger partial charge in [-0.05, 0) is 6.07 Å². The van der Waals surface area contributed by atoms with Crippen molar-refractivity contribution in [3.8, 4) is 0 Å². The highest BCUT2D eigenvalue weighted by Gasteiger charge is 2.14. The second-order valence-electron chi connectivity index (χ2n) is 2.33. The third-order valence-corrected chi connectivity index (χ3v) is 2.93. The molecule has 1 aromatic rings. The molecule has 3 nitrogen and oxygen atoms in total. The van der Waals surface area contributed by atoms with Crippen LogP contribution >= 0.6 is 46.4 Å². The van der Waals surface area contributed by atoms with Crippen LogP contribution in [0.1, 0.15) is 0 Å². The molecule has 0 fully saturated rings. The number of urea groups is 1. The van der Waals surface area contributed by atoms with Gasteiger partial charge in [-0.25, -0.2) is 4.79 Å². The van der Waals surface area contributed by atoms with Crippen LogP contribution in [0.4, 0.5) is 10.5 Å². The van der Waals surface area contributed by atoms with E-state index in [1.165, 1.54) is 6.07 Å². The predicted molar refractivity (Wildman–Crippen MR) is 59.7 cm³/mol. The highest BCUT2D eigenvalue weighted by Crippen LogP contribution is 2.40. The Morgan fingerprint density at radius 1 is 1.14 bits per heavy atom. The Labute approximate surface area is 100 Å². The van der Waals surface area contributed by atoms with Crippen molar-refractivity contribution in [1.82, 2.24) is 0 Å². The van der Waals surface area contributed by atoms with Crippen molar-refractivity contribution in [1.29, 1.82) is 0 Å². The topological polar surface area (TPSA) is 55.1 Å². The van der Waals surface area contributed by atoms with E-state index in [-0.39, 0.29) is 25.8 Å². The van der Waals surface area contributed by atoms with E-state index in [2.05, 4.69) is 5.32 Å². The van der Waals surface area contributed by atoms with Crippen molar-refractivity contribution in [3.63, 3.8) is 0 Å². The maximum absolute atomic E-state index is 10.6. The number of hydrogen-bond donors (Lipinski definition) is 2. The number of rotatable bonds is 1. The molecule has 1 rings (SSSR count). The summed E-state index contributed by atoms with van der Waals surface area (Å²) in [5, 5.41) is 2.79. The van der Waals surface area contributed by atoms with E-state index in [1.807, 2.05) is 0 Å². The number of primary amides is 1. The Morgan fingerprint density at radius 3 is 1.93 bits per heavy atom. The van der Waals surface area contributed by atoms with Gasteiger partial charge < -0.3 is 11.1 Å². The molecule has 0 radical (unpaired) electrons. The van der Waals surface area contributed by atoms with E-state index in [1.54, 1.807) is 0 Å². The lowest BCUT2D eigenvalue weighted by atomic mass is 10.3. The van der Waals surface area contributed by atoms with E-state index >= 15 is 0 Å². The fraction of sp³-hybridized carbons (Fsp3) is 0. The minimum Gasteiger partial charge on any atom is -0.351 e. The molecular formula is C7H4Cl4N2O. The first-order valence-corrected chi connectivity index (χ1v) is 4.84. The van der Waals surface area contributed by atoms with Gasteiger partial charge >= 0.3 is 6.03 Å². The van der Waals surface area contributed by atoms with Crippen LogP contribution in [-0.2, 0) is 0 Å². The molecule has 1 aromatic carbocycles. The summed E-state index contributed by atoms with van der Waals surface area (Å²) in [6.45, 7) is 0. The Balaban J connectivity index is 3.31. The molecule has 0 bridgehead atoms. The molecule has 76 valence electrons. The molecule has 3 N–H and O–H groups in total. The third kappa shape index (κ3) is 2.36. The molecule has 14 heavy (non-hydrogen) atoms. The number of nitrogens with one attached hydrogen (secondary N) is 1. The lowest BCUT2D eigenvalue weighted by Gasteiger charge is -2.09. The molecule has 0 saturated heterocycles. The van der Waals surface area contributed by atoms with Gasteiger partial charge in [0.1, 0.15) is 0 Å². The summed E-state index contributed by atoms with van der Waals surface area (Å²) < 4.78 is 0. The second-order valence-corrected chi connectivity index (χ2v) is 3.90. The largest absolute Gasteiger partial charge is 0.351 e. The van der Waals surface area contributed by atoms with Crippen molar-refractivity contribution in [3.05, 3.63) is 26.2 Å². The van der Waals surface area contributed by atoms with E-state index in [0.717, 1.165) is 0 Å². The smallest absolute Gasteiger partial charge is 0.316 e. The maximum atomic E-state index is 10.6. The first kappa shape index (κ1) is 11.7. The van der Waals surface area contributed by atoms with Crippen molar-refractivity contribution in [2.75, 3.05) is 5.32 Å². The number of hydrogen-bond acceptors (Lipinski definition) is 1. The Kier molecular flexibility index (Phi) is 3.72. The van der Waals surface area contributed by atoms with Gasteiger partial charge in [0.25, 0.3) is 0 Å². The van der Waals surface area contributed by atoms with Crippen LogP contribution in [0, 0.1) is 0 Å². The summed E-state index contributed by atoms with van der Waals surface area (Å²) in [6, 6.07) is 0.576. The molecule has 0 unspecified atom stereocenters. The first-order valence-electron chi connectivity index (χ1n) is 3.33. The normalized spacial score (nSPS) is 10.0. The summed E-state index contributed by atoms with van der Waals surface area (Å²) in [5.41, 5.74) is 5.02. The van der Waals surface area contributed by atoms with Gasteiger partial charge in [-0.2, -0.15) is 0 Å². The summed E-state index contributed by atoms with van der Waals surface area (Å²) in [5.74, 6) is 0. The van der Waals surface area contributed by atoms with Gasteiger partial charge in [-0.15, -0.1) is 0 Å². The van der Waals surface area contributed by atoms with Crippen LogP contribution in [0.5, 0.6) is 0 Å². The Morgan fingerprint density at radius 2 is 1.57 bits per heavy atom. The number of carbonyl (C=O) groups is 1. The van der Waals surface area contributed by atoms with Crippen molar-refractivity contribution < 1.29 is 4.79 Å². The Bertz CT molecular complexity index is 368. The number of halogens is 4. The first-order chi connectivity index (χ1) is 6.43. The lowest BCUT2D eigenvalue weighted by molar-refractivity contribution is 0.259. The molecule has 0 aliphatic heterocycles. The molecule has 0 saturated carbocycles. The minimum atomic E-state index is -0.799. The molecule has 7 heteroatoms. The number of benzene rings is 1. The van der Waals surface area contributed by atoms with Crippen LogP contribution in [0.2, 0.25) is 20.1 Å². The average molecular weight is 274 g/mol. The van der Waals surface area contributed by atoms with E-state index < -0.39 is 6.03 Å². The quantitative estimate of drug-likeness (QED) is 0.752. The van der Waals surface area contributed by atoms with E-state index in [9.17, 15) is 4.79 Å². The molecule has 0 atom stereocenters. The van der Waals surface area contributed by atoms with Crippen molar-refractivity contribution in [2.45, 2.75) is 0 Å². The number of anilines is 1. The number of amides is 2. The zero-order valence-electron chi connectivity index (χ0n) is 6.57. The van der Waals surface area contributed by atoms with Gasteiger partial charge in [-0.1, -0.05) is 46.4 Å². The van der Waals surface area contributed by atoms with Crippen molar-refractivity contribution >= 4 is 58.1 Å². The maximum Gasteiger partial charge on any atom is 0.316 e. The Hall–Kier alpha value is -0.350. The predicted octanol–water partition coefficient (Wildman–Crippen LogP) is 3.79. The molecule has 0 aliphatic carbocycles. The van der Waals surface area contributed by atoms with Gasteiger partial charge in [-0.3, -0.25) is 0 Å². The number of nitrogens with two attached hydrogens (primary N) is 1. The fourth-order valence-corrected chi connectivity index (χ4v) is 1.71. The van der Waals surface area contributed by atoms with Crippen LogP contribution in [0.15, 0.2) is 6.07 Å². The highest BCUT2D eigenvalue weighted by molar-refractivity contribution is 6.50. The summed E-state index contributed by atoms with van der Waals surface area (Å²) in [7, 11) is 0. The van der Waals surface area contributed by atoms with E-state index in [0.29, 0.717) is 0 Å². The van der Waals surface area contributed by atoms with Gasteiger partial charge in [0, 0.05) is 0 Å². The summed E-state index contributed by atoms with van der Waals surface area (Å²) in [4.78, 5) is 10.6. The van der Waals surface area contributed by atoms with Crippen LogP contribution in [0.3, 0.4) is 0 Å². The van der Waals surface area contributed by atoms with Gasteiger partial charge in [0.05, 0.1) is 25.8 Å². The molecule has 0 aromatic heterocycles. The fourth-order valence-electron chi connectivity index (χ4n) is 0.806. The second kappa shape index (κ2) is 4.45. The standard InChI is InChI=1S/C7H4Cl4N2O/c8-2-1-3(9)5(11)6(4(2)10)13-7(12)14/h1H,(H3,12,13,14). The summed E-state index contributed by atoms with van der Waals surface area (Å²) in [6.07, 6.45) is 0. The minimum absolute atomic E-state index is 0.0971. The third-order valence-electron chi connectivity index (χ3n) is 1.36. The molecule has 0 aliphatic rings. The number of carbonyl (C=O) groups excluding carboxylic acids is 1.